The summed E-state index contributed by atoms with van der Waals surface area (Å²) in [4.78, 5) is 0. The lowest BCUT2D eigenvalue weighted by Gasteiger charge is -2.15. The fraction of sp³-hybridized carbons (Fsp3) is 0.571. The molecule has 2 nitrogen and oxygen atoms in total. The Hall–Kier alpha value is -0.670. The van der Waals surface area contributed by atoms with Gasteiger partial charge >= 0.3 is 0 Å². The molecular weight excluding hydrogens is 230 g/mol. The Morgan fingerprint density at radius 2 is 2.18 bits per heavy atom. The number of nitrogens with one attached hydrogen (secondary N) is 1. The number of aryl methyl sites for hydroxylation is 1. The predicted octanol–water partition coefficient (Wildman–Crippen LogP) is 3.41. The molecule has 0 heterocycles. The lowest BCUT2D eigenvalue weighted by Crippen LogP contribution is -2.17. The van der Waals surface area contributed by atoms with Gasteiger partial charge in [0.15, 0.2) is 0 Å². The van der Waals surface area contributed by atoms with Crippen molar-refractivity contribution in [2.75, 3.05) is 25.2 Å². The summed E-state index contributed by atoms with van der Waals surface area (Å²) in [6.45, 7) is 8.20. The Kier molecular flexibility index (Phi) is 6.45. The first kappa shape index (κ1) is 14.4. The van der Waals surface area contributed by atoms with Crippen LogP contribution in [-0.2, 0) is 0 Å². The quantitative estimate of drug-likeness (QED) is 0.752. The zero-order chi connectivity index (χ0) is 12.7. The zero-order valence-corrected chi connectivity index (χ0v) is 12.1. The Bertz CT molecular complexity index is 341. The SMILES string of the molecule is CCNC(C)c1ccc(OCCSC)c(C)c1. The molecule has 0 radical (unpaired) electrons. The standard InChI is InChI=1S/C14H23NOS/c1-5-15-12(3)13-6-7-14(11(2)10-13)16-8-9-17-4/h6-7,10,12,15H,5,8-9H2,1-4H3. The maximum absolute atomic E-state index is 5.73. The molecule has 1 atom stereocenters. The van der Waals surface area contributed by atoms with Gasteiger partial charge in [0.25, 0.3) is 0 Å². The van der Waals surface area contributed by atoms with Crippen molar-refractivity contribution in [1.82, 2.24) is 5.32 Å². The third-order valence-corrected chi connectivity index (χ3v) is 3.33. The van der Waals surface area contributed by atoms with Gasteiger partial charge in [0.05, 0.1) is 6.61 Å². The molecule has 0 spiro atoms. The van der Waals surface area contributed by atoms with Crippen LogP contribution in [0.3, 0.4) is 0 Å². The van der Waals surface area contributed by atoms with Crippen molar-refractivity contribution in [3.05, 3.63) is 29.3 Å². The van der Waals surface area contributed by atoms with E-state index in [-0.39, 0.29) is 0 Å². The normalized spacial score (nSPS) is 12.5. The van der Waals surface area contributed by atoms with E-state index in [0.29, 0.717) is 6.04 Å². The molecular formula is C14H23NOS. The van der Waals surface area contributed by atoms with Gasteiger partial charge < -0.3 is 10.1 Å². The average Bonchev–Trinajstić information content (AvgIpc) is 2.31. The van der Waals surface area contributed by atoms with E-state index in [2.05, 4.69) is 50.5 Å². The summed E-state index contributed by atoms with van der Waals surface area (Å²) in [5, 5.41) is 3.42. The molecule has 0 aliphatic heterocycles. The van der Waals surface area contributed by atoms with Crippen LogP contribution in [0.2, 0.25) is 0 Å². The van der Waals surface area contributed by atoms with Gasteiger partial charge in [-0.3, -0.25) is 0 Å². The number of rotatable bonds is 7. The highest BCUT2D eigenvalue weighted by atomic mass is 32.2. The van der Waals surface area contributed by atoms with Gasteiger partial charge in [-0.15, -0.1) is 0 Å². The van der Waals surface area contributed by atoms with Gasteiger partial charge in [0.1, 0.15) is 5.75 Å². The Labute approximate surface area is 109 Å². The molecule has 1 N–H and O–H groups in total. The molecule has 0 amide bonds. The second kappa shape index (κ2) is 7.62. The third-order valence-electron chi connectivity index (χ3n) is 2.75. The summed E-state index contributed by atoms with van der Waals surface area (Å²) in [6.07, 6.45) is 2.09. The van der Waals surface area contributed by atoms with Crippen LogP contribution in [0.25, 0.3) is 0 Å². The van der Waals surface area contributed by atoms with Crippen LogP contribution in [0.5, 0.6) is 5.75 Å². The first-order valence-corrected chi connectivity index (χ1v) is 7.54. The molecule has 1 unspecified atom stereocenters. The molecule has 17 heavy (non-hydrogen) atoms. The topological polar surface area (TPSA) is 21.3 Å². The van der Waals surface area contributed by atoms with E-state index in [9.17, 15) is 0 Å². The van der Waals surface area contributed by atoms with E-state index in [4.69, 9.17) is 4.74 Å². The fourth-order valence-electron chi connectivity index (χ4n) is 1.76. The first-order chi connectivity index (χ1) is 8.19. The van der Waals surface area contributed by atoms with Gasteiger partial charge in [-0.1, -0.05) is 19.1 Å². The van der Waals surface area contributed by atoms with Crippen LogP contribution >= 0.6 is 11.8 Å². The fourth-order valence-corrected chi connectivity index (χ4v) is 2.01. The maximum Gasteiger partial charge on any atom is 0.122 e. The number of hydrogen-bond donors (Lipinski definition) is 1. The monoisotopic (exact) mass is 253 g/mol. The van der Waals surface area contributed by atoms with E-state index in [1.165, 1.54) is 11.1 Å². The highest BCUT2D eigenvalue weighted by Crippen LogP contribution is 2.22. The van der Waals surface area contributed by atoms with Crippen LogP contribution in [0.1, 0.15) is 31.0 Å². The summed E-state index contributed by atoms with van der Waals surface area (Å²) in [6, 6.07) is 6.84. The average molecular weight is 253 g/mol. The molecule has 1 aromatic carbocycles. The minimum atomic E-state index is 0.402. The van der Waals surface area contributed by atoms with Crippen LogP contribution in [0.4, 0.5) is 0 Å². The molecule has 0 fully saturated rings. The minimum absolute atomic E-state index is 0.402. The van der Waals surface area contributed by atoms with Crippen molar-refractivity contribution >= 4 is 11.8 Å². The second-order valence-corrected chi connectivity index (χ2v) is 5.13. The van der Waals surface area contributed by atoms with Crippen molar-refractivity contribution in [1.29, 1.82) is 0 Å². The zero-order valence-electron chi connectivity index (χ0n) is 11.2. The number of ether oxygens (including phenoxy) is 1. The second-order valence-electron chi connectivity index (χ2n) is 4.15. The van der Waals surface area contributed by atoms with Crippen molar-refractivity contribution in [3.63, 3.8) is 0 Å². The van der Waals surface area contributed by atoms with Gasteiger partial charge in [-0.05, 0) is 43.8 Å². The maximum atomic E-state index is 5.73. The Morgan fingerprint density at radius 3 is 2.76 bits per heavy atom. The molecule has 96 valence electrons. The van der Waals surface area contributed by atoms with Gasteiger partial charge in [-0.25, -0.2) is 0 Å². The lowest BCUT2D eigenvalue weighted by molar-refractivity contribution is 0.341. The minimum Gasteiger partial charge on any atom is -0.492 e. The largest absolute Gasteiger partial charge is 0.492 e. The highest BCUT2D eigenvalue weighted by molar-refractivity contribution is 7.98. The lowest BCUT2D eigenvalue weighted by atomic mass is 10.1. The van der Waals surface area contributed by atoms with E-state index < -0.39 is 0 Å². The molecule has 0 saturated heterocycles. The molecule has 3 heteroatoms. The Balaban J connectivity index is 2.65. The van der Waals surface area contributed by atoms with Crippen molar-refractivity contribution < 1.29 is 4.74 Å². The summed E-state index contributed by atoms with van der Waals surface area (Å²) < 4.78 is 5.73. The summed E-state index contributed by atoms with van der Waals surface area (Å²) in [5.74, 6) is 2.04. The summed E-state index contributed by atoms with van der Waals surface area (Å²) in [7, 11) is 0. The predicted molar refractivity (Wildman–Crippen MR) is 77.1 cm³/mol. The summed E-state index contributed by atoms with van der Waals surface area (Å²) >= 11 is 1.81. The third kappa shape index (κ3) is 4.60. The van der Waals surface area contributed by atoms with Crippen molar-refractivity contribution in [2.24, 2.45) is 0 Å². The van der Waals surface area contributed by atoms with Crippen LogP contribution in [0, 0.1) is 6.92 Å². The smallest absolute Gasteiger partial charge is 0.122 e. The molecule has 0 bridgehead atoms. The van der Waals surface area contributed by atoms with Crippen molar-refractivity contribution in [2.45, 2.75) is 26.8 Å². The number of benzene rings is 1. The van der Waals surface area contributed by atoms with Crippen LogP contribution in [0.15, 0.2) is 18.2 Å². The molecule has 0 aliphatic rings. The van der Waals surface area contributed by atoms with E-state index in [1.54, 1.807) is 11.8 Å². The molecule has 1 aromatic rings. The van der Waals surface area contributed by atoms with Crippen LogP contribution in [-0.4, -0.2) is 25.2 Å². The van der Waals surface area contributed by atoms with Gasteiger partial charge in [0.2, 0.25) is 0 Å². The highest BCUT2D eigenvalue weighted by Gasteiger charge is 2.06. The molecule has 0 saturated carbocycles. The number of thioether (sulfide) groups is 1. The van der Waals surface area contributed by atoms with E-state index in [0.717, 1.165) is 24.7 Å². The van der Waals surface area contributed by atoms with E-state index >= 15 is 0 Å². The van der Waals surface area contributed by atoms with Gasteiger partial charge in [-0.2, -0.15) is 11.8 Å². The molecule has 0 aliphatic carbocycles. The molecule has 0 aromatic heterocycles. The van der Waals surface area contributed by atoms with Gasteiger partial charge in [0, 0.05) is 11.8 Å². The summed E-state index contributed by atoms with van der Waals surface area (Å²) in [5.41, 5.74) is 2.54. The number of hydrogen-bond acceptors (Lipinski definition) is 3. The first-order valence-electron chi connectivity index (χ1n) is 6.14. The Morgan fingerprint density at radius 1 is 1.41 bits per heavy atom. The van der Waals surface area contributed by atoms with Crippen LogP contribution < -0.4 is 10.1 Å². The molecule has 1 rings (SSSR count). The van der Waals surface area contributed by atoms with Crippen molar-refractivity contribution in [3.8, 4) is 5.75 Å². The van der Waals surface area contributed by atoms with E-state index in [1.807, 2.05) is 0 Å².